The van der Waals surface area contributed by atoms with Crippen LogP contribution in [0.3, 0.4) is 0 Å². The van der Waals surface area contributed by atoms with Crippen LogP contribution in [0.5, 0.6) is 0 Å². The zero-order valence-electron chi connectivity index (χ0n) is 11.9. The molecule has 2 aliphatic rings. The minimum absolute atomic E-state index is 0.0524. The zero-order valence-corrected chi connectivity index (χ0v) is 12.8. The number of carbonyl (C=O) groups is 2. The van der Waals surface area contributed by atoms with Gasteiger partial charge in [0.2, 0.25) is 11.8 Å². The first kappa shape index (κ1) is 13.5. The standard InChI is InChI=1S/C18H15NO2S/c20-17-14-9-8-12(16-7-4-10-22-16)11-15(14)18(21)19(17)13-5-2-1-3-6-13/h1-8,10,14-15H,9,11H2. The lowest BCUT2D eigenvalue weighted by atomic mass is 9.81. The van der Waals surface area contributed by atoms with Crippen molar-refractivity contribution in [1.29, 1.82) is 0 Å². The molecule has 4 rings (SSSR count). The van der Waals surface area contributed by atoms with Gasteiger partial charge in [0.05, 0.1) is 17.5 Å². The lowest BCUT2D eigenvalue weighted by molar-refractivity contribution is -0.122. The predicted octanol–water partition coefficient (Wildman–Crippen LogP) is 3.73. The van der Waals surface area contributed by atoms with Crippen molar-refractivity contribution in [1.82, 2.24) is 0 Å². The Labute approximate surface area is 132 Å². The van der Waals surface area contributed by atoms with Crippen LogP contribution in [0.2, 0.25) is 0 Å². The Morgan fingerprint density at radius 1 is 0.955 bits per heavy atom. The third kappa shape index (κ3) is 2.03. The van der Waals surface area contributed by atoms with Gasteiger partial charge in [0.1, 0.15) is 0 Å². The van der Waals surface area contributed by atoms with E-state index in [2.05, 4.69) is 12.1 Å². The van der Waals surface area contributed by atoms with E-state index in [0.29, 0.717) is 18.5 Å². The number of para-hydroxylation sites is 1. The summed E-state index contributed by atoms with van der Waals surface area (Å²) in [5.41, 5.74) is 1.89. The number of hydrogen-bond donors (Lipinski definition) is 0. The summed E-state index contributed by atoms with van der Waals surface area (Å²) in [6.07, 6.45) is 3.46. The maximum Gasteiger partial charge on any atom is 0.238 e. The highest BCUT2D eigenvalue weighted by molar-refractivity contribution is 7.11. The van der Waals surface area contributed by atoms with E-state index in [4.69, 9.17) is 0 Å². The van der Waals surface area contributed by atoms with Crippen LogP contribution in [0.4, 0.5) is 5.69 Å². The van der Waals surface area contributed by atoms with Crippen LogP contribution in [-0.4, -0.2) is 11.8 Å². The number of anilines is 1. The molecule has 2 heterocycles. The lowest BCUT2D eigenvalue weighted by Crippen LogP contribution is -2.30. The largest absolute Gasteiger partial charge is 0.274 e. The molecule has 0 radical (unpaired) electrons. The Kier molecular flexibility index (Phi) is 3.19. The van der Waals surface area contributed by atoms with Gasteiger partial charge in [-0.05, 0) is 42.0 Å². The maximum absolute atomic E-state index is 12.7. The summed E-state index contributed by atoms with van der Waals surface area (Å²) in [5.74, 6) is -0.516. The SMILES string of the molecule is O=C1C2CC=C(c3cccs3)CC2C(=O)N1c1ccccc1. The molecule has 2 aromatic rings. The number of carbonyl (C=O) groups excluding carboxylic acids is 2. The van der Waals surface area contributed by atoms with Gasteiger partial charge in [0.25, 0.3) is 0 Å². The topological polar surface area (TPSA) is 37.4 Å². The van der Waals surface area contributed by atoms with Crippen LogP contribution in [0.1, 0.15) is 17.7 Å². The van der Waals surface area contributed by atoms with Crippen molar-refractivity contribution in [2.24, 2.45) is 11.8 Å². The molecule has 22 heavy (non-hydrogen) atoms. The number of imide groups is 1. The second-order valence-corrected chi connectivity index (χ2v) is 6.65. The van der Waals surface area contributed by atoms with Gasteiger partial charge in [-0.1, -0.05) is 30.3 Å². The van der Waals surface area contributed by atoms with Crippen LogP contribution in [-0.2, 0) is 9.59 Å². The quantitative estimate of drug-likeness (QED) is 0.793. The molecule has 1 aliphatic carbocycles. The fraction of sp³-hybridized carbons (Fsp3) is 0.222. The molecule has 0 spiro atoms. The number of hydrogen-bond acceptors (Lipinski definition) is 3. The summed E-state index contributed by atoms with van der Waals surface area (Å²) in [4.78, 5) is 28.0. The summed E-state index contributed by atoms with van der Waals surface area (Å²) >= 11 is 1.68. The van der Waals surface area contributed by atoms with E-state index in [1.807, 2.05) is 41.8 Å². The average molecular weight is 309 g/mol. The first-order valence-electron chi connectivity index (χ1n) is 7.41. The summed E-state index contributed by atoms with van der Waals surface area (Å²) in [7, 11) is 0. The van der Waals surface area contributed by atoms with Gasteiger partial charge in [-0.25, -0.2) is 0 Å². The molecule has 1 aromatic carbocycles. The fourth-order valence-electron chi connectivity index (χ4n) is 3.36. The molecule has 0 bridgehead atoms. The van der Waals surface area contributed by atoms with Crippen molar-refractivity contribution in [3.63, 3.8) is 0 Å². The van der Waals surface area contributed by atoms with E-state index in [1.165, 1.54) is 15.4 Å². The minimum Gasteiger partial charge on any atom is -0.274 e. The molecule has 2 amide bonds. The maximum atomic E-state index is 12.7. The Balaban J connectivity index is 1.65. The van der Waals surface area contributed by atoms with E-state index in [9.17, 15) is 9.59 Å². The van der Waals surface area contributed by atoms with Gasteiger partial charge in [0, 0.05) is 4.88 Å². The first-order chi connectivity index (χ1) is 10.8. The number of rotatable bonds is 2. The number of thiophene rings is 1. The predicted molar refractivity (Wildman–Crippen MR) is 87.4 cm³/mol. The summed E-state index contributed by atoms with van der Waals surface area (Å²) in [6.45, 7) is 0. The number of benzene rings is 1. The normalized spacial score (nSPS) is 24.4. The van der Waals surface area contributed by atoms with Crippen LogP contribution in [0, 0.1) is 11.8 Å². The van der Waals surface area contributed by atoms with Crippen LogP contribution in [0.15, 0.2) is 53.9 Å². The molecule has 0 N–H and O–H groups in total. The van der Waals surface area contributed by atoms with Crippen molar-refractivity contribution < 1.29 is 9.59 Å². The summed E-state index contributed by atoms with van der Waals surface area (Å²) in [6, 6.07) is 13.3. The number of nitrogens with zero attached hydrogens (tertiary/aromatic N) is 1. The second kappa shape index (κ2) is 5.21. The minimum atomic E-state index is -0.213. The second-order valence-electron chi connectivity index (χ2n) is 5.71. The molecule has 1 saturated heterocycles. The van der Waals surface area contributed by atoms with Gasteiger partial charge in [-0.15, -0.1) is 11.3 Å². The molecule has 1 fully saturated rings. The van der Waals surface area contributed by atoms with Crippen LogP contribution < -0.4 is 4.90 Å². The Morgan fingerprint density at radius 2 is 1.73 bits per heavy atom. The van der Waals surface area contributed by atoms with Gasteiger partial charge >= 0.3 is 0 Å². The van der Waals surface area contributed by atoms with E-state index in [1.54, 1.807) is 11.3 Å². The smallest absolute Gasteiger partial charge is 0.238 e. The molecule has 1 aliphatic heterocycles. The summed E-state index contributed by atoms with van der Waals surface area (Å²) in [5, 5.41) is 2.04. The highest BCUT2D eigenvalue weighted by atomic mass is 32.1. The number of fused-ring (bicyclic) bond motifs is 1. The fourth-order valence-corrected chi connectivity index (χ4v) is 4.14. The van der Waals surface area contributed by atoms with Crippen molar-refractivity contribution in [3.05, 3.63) is 58.8 Å². The van der Waals surface area contributed by atoms with Gasteiger partial charge < -0.3 is 0 Å². The molecule has 110 valence electrons. The number of amides is 2. The van der Waals surface area contributed by atoms with Gasteiger partial charge in [-0.3, -0.25) is 14.5 Å². The molecule has 2 unspecified atom stereocenters. The molecular weight excluding hydrogens is 294 g/mol. The van der Waals surface area contributed by atoms with Crippen LogP contribution in [0.25, 0.3) is 5.57 Å². The van der Waals surface area contributed by atoms with E-state index >= 15 is 0 Å². The van der Waals surface area contributed by atoms with E-state index in [-0.39, 0.29) is 23.7 Å². The summed E-state index contributed by atoms with van der Waals surface area (Å²) < 4.78 is 0. The van der Waals surface area contributed by atoms with Crippen molar-refractivity contribution in [2.75, 3.05) is 4.90 Å². The van der Waals surface area contributed by atoms with E-state index < -0.39 is 0 Å². The third-order valence-electron chi connectivity index (χ3n) is 4.47. The molecular formula is C18H15NO2S. The van der Waals surface area contributed by atoms with Crippen LogP contribution >= 0.6 is 11.3 Å². The van der Waals surface area contributed by atoms with E-state index in [0.717, 1.165) is 0 Å². The Morgan fingerprint density at radius 3 is 2.45 bits per heavy atom. The van der Waals surface area contributed by atoms with Crippen molar-refractivity contribution >= 4 is 34.4 Å². The lowest BCUT2D eigenvalue weighted by Gasteiger charge is -2.20. The molecule has 3 nitrogen and oxygen atoms in total. The highest BCUT2D eigenvalue weighted by Gasteiger charge is 2.49. The highest BCUT2D eigenvalue weighted by Crippen LogP contribution is 2.43. The Hall–Kier alpha value is -2.20. The van der Waals surface area contributed by atoms with Gasteiger partial charge in [-0.2, -0.15) is 0 Å². The molecule has 0 saturated carbocycles. The van der Waals surface area contributed by atoms with Crippen molar-refractivity contribution in [2.45, 2.75) is 12.8 Å². The van der Waals surface area contributed by atoms with Crippen molar-refractivity contribution in [3.8, 4) is 0 Å². The van der Waals surface area contributed by atoms with Gasteiger partial charge in [0.15, 0.2) is 0 Å². The third-order valence-corrected chi connectivity index (χ3v) is 5.42. The molecule has 4 heteroatoms. The number of allylic oxidation sites excluding steroid dienone is 2. The monoisotopic (exact) mass is 309 g/mol. The Bertz CT molecular complexity index is 749. The molecule has 2 atom stereocenters. The first-order valence-corrected chi connectivity index (χ1v) is 8.29. The molecule has 1 aromatic heterocycles. The zero-order chi connectivity index (χ0) is 15.1. The average Bonchev–Trinajstić information content (AvgIpc) is 3.16.